The number of anilines is 1. The fourth-order valence-electron chi connectivity index (χ4n) is 1.74. The van der Waals surface area contributed by atoms with Crippen LogP contribution in [0.15, 0.2) is 42.6 Å². The molecule has 0 aliphatic carbocycles. The average molecular weight is 280 g/mol. The van der Waals surface area contributed by atoms with Gasteiger partial charge in [-0.25, -0.2) is 0 Å². The van der Waals surface area contributed by atoms with Crippen molar-refractivity contribution >= 4 is 11.6 Å². The molecule has 0 aliphatic heterocycles. The van der Waals surface area contributed by atoms with E-state index in [0.29, 0.717) is 17.8 Å². The number of aryl methyl sites for hydroxylation is 1. The van der Waals surface area contributed by atoms with Crippen LogP contribution >= 0.6 is 0 Å². The predicted molar refractivity (Wildman–Crippen MR) is 82.0 cm³/mol. The van der Waals surface area contributed by atoms with Crippen LogP contribution in [0.25, 0.3) is 0 Å². The molecule has 2 rings (SSSR count). The lowest BCUT2D eigenvalue weighted by molar-refractivity contribution is 0.102. The van der Waals surface area contributed by atoms with Gasteiger partial charge >= 0.3 is 0 Å². The Morgan fingerprint density at radius 2 is 2.19 bits per heavy atom. The summed E-state index contributed by atoms with van der Waals surface area (Å²) in [6.45, 7) is 2.00. The molecule has 1 amide bonds. The number of carbonyl (C=O) groups is 1. The molecule has 1 heterocycles. The normalized spacial score (nSPS) is 9.62. The molecule has 0 atom stereocenters. The highest BCUT2D eigenvalue weighted by molar-refractivity contribution is 6.02. The van der Waals surface area contributed by atoms with Crippen molar-refractivity contribution in [3.8, 4) is 11.8 Å². The summed E-state index contributed by atoms with van der Waals surface area (Å²) in [7, 11) is 0. The molecule has 2 aromatic rings. The first-order chi connectivity index (χ1) is 10.2. The van der Waals surface area contributed by atoms with E-state index in [9.17, 15) is 4.79 Å². The van der Waals surface area contributed by atoms with Crippen molar-refractivity contribution in [3.05, 3.63) is 59.4 Å². The summed E-state index contributed by atoms with van der Waals surface area (Å²) >= 11 is 0. The van der Waals surface area contributed by atoms with E-state index in [4.69, 9.17) is 5.11 Å². The molecule has 1 aromatic heterocycles. The number of aliphatic hydroxyl groups is 1. The third-order valence-corrected chi connectivity index (χ3v) is 2.85. The first-order valence-corrected chi connectivity index (χ1v) is 6.63. The van der Waals surface area contributed by atoms with E-state index in [1.165, 1.54) is 0 Å². The topological polar surface area (TPSA) is 62.2 Å². The monoisotopic (exact) mass is 280 g/mol. The Kier molecular flexibility index (Phi) is 5.08. The van der Waals surface area contributed by atoms with Gasteiger partial charge in [0.15, 0.2) is 0 Å². The van der Waals surface area contributed by atoms with Gasteiger partial charge in [0, 0.05) is 23.9 Å². The number of carbonyl (C=O) groups excluding carboxylic acids is 1. The quantitative estimate of drug-likeness (QED) is 0.849. The molecule has 0 saturated heterocycles. The van der Waals surface area contributed by atoms with Crippen LogP contribution in [0.5, 0.6) is 0 Å². The van der Waals surface area contributed by atoms with E-state index >= 15 is 0 Å². The second-order valence-electron chi connectivity index (χ2n) is 4.47. The van der Waals surface area contributed by atoms with Crippen molar-refractivity contribution in [2.75, 3.05) is 11.9 Å². The molecule has 0 fully saturated rings. The lowest BCUT2D eigenvalue weighted by atomic mass is 10.1. The largest absolute Gasteiger partial charge is 0.395 e. The number of nitrogens with one attached hydrogen (secondary N) is 1. The zero-order chi connectivity index (χ0) is 15.1. The van der Waals surface area contributed by atoms with Gasteiger partial charge in [-0.3, -0.25) is 9.78 Å². The SMILES string of the molecule is Cc1ccc(NC(=O)c2ccccn2)cc1C#CCCO. The summed E-state index contributed by atoms with van der Waals surface area (Å²) in [5, 5.41) is 11.5. The molecule has 2 N–H and O–H groups in total. The molecule has 0 spiro atoms. The van der Waals surface area contributed by atoms with E-state index in [2.05, 4.69) is 22.1 Å². The maximum absolute atomic E-state index is 12.0. The van der Waals surface area contributed by atoms with Crippen molar-refractivity contribution in [3.63, 3.8) is 0 Å². The summed E-state index contributed by atoms with van der Waals surface area (Å²) in [5.74, 6) is 5.61. The third kappa shape index (κ3) is 4.16. The number of benzene rings is 1. The number of amides is 1. The van der Waals surface area contributed by atoms with Gasteiger partial charge in [0.25, 0.3) is 5.91 Å². The smallest absolute Gasteiger partial charge is 0.274 e. The van der Waals surface area contributed by atoms with E-state index in [-0.39, 0.29) is 12.5 Å². The number of rotatable bonds is 3. The van der Waals surface area contributed by atoms with Crippen molar-refractivity contribution in [1.29, 1.82) is 0 Å². The highest BCUT2D eigenvalue weighted by atomic mass is 16.2. The maximum atomic E-state index is 12.0. The molecule has 106 valence electrons. The van der Waals surface area contributed by atoms with Crippen LogP contribution in [0.4, 0.5) is 5.69 Å². The van der Waals surface area contributed by atoms with Gasteiger partial charge in [0.05, 0.1) is 6.61 Å². The Morgan fingerprint density at radius 3 is 2.90 bits per heavy atom. The number of aliphatic hydroxyl groups excluding tert-OH is 1. The molecular weight excluding hydrogens is 264 g/mol. The Labute approximate surface area is 123 Å². The van der Waals surface area contributed by atoms with E-state index in [1.807, 2.05) is 25.1 Å². The Bertz CT molecular complexity index is 685. The van der Waals surface area contributed by atoms with Crippen molar-refractivity contribution in [2.24, 2.45) is 0 Å². The van der Waals surface area contributed by atoms with E-state index < -0.39 is 0 Å². The van der Waals surface area contributed by atoms with Crippen LogP contribution in [0.2, 0.25) is 0 Å². The average Bonchev–Trinajstić information content (AvgIpc) is 2.51. The molecule has 21 heavy (non-hydrogen) atoms. The number of aromatic nitrogens is 1. The molecule has 1 aromatic carbocycles. The van der Waals surface area contributed by atoms with Crippen molar-refractivity contribution < 1.29 is 9.90 Å². The Morgan fingerprint density at radius 1 is 1.33 bits per heavy atom. The highest BCUT2D eigenvalue weighted by Gasteiger charge is 2.07. The van der Waals surface area contributed by atoms with Crippen molar-refractivity contribution in [2.45, 2.75) is 13.3 Å². The summed E-state index contributed by atoms with van der Waals surface area (Å²) in [4.78, 5) is 16.0. The molecule has 4 heteroatoms. The molecule has 4 nitrogen and oxygen atoms in total. The molecule has 0 aliphatic rings. The maximum Gasteiger partial charge on any atom is 0.274 e. The van der Waals surface area contributed by atoms with E-state index in [0.717, 1.165) is 11.1 Å². The summed E-state index contributed by atoms with van der Waals surface area (Å²) in [5.41, 5.74) is 2.90. The predicted octanol–water partition coefficient (Wildman–Crippen LogP) is 2.38. The molecular formula is C17H16N2O2. The van der Waals surface area contributed by atoms with Gasteiger partial charge in [-0.1, -0.05) is 24.0 Å². The standard InChI is InChI=1S/C17H16N2O2/c1-13-8-9-15(12-14(13)6-3-5-11-20)19-17(21)16-7-2-4-10-18-16/h2,4,7-10,12,20H,5,11H2,1H3,(H,19,21). The van der Waals surface area contributed by atoms with Crippen LogP contribution in [0.3, 0.4) is 0 Å². The fourth-order valence-corrected chi connectivity index (χ4v) is 1.74. The van der Waals surface area contributed by atoms with Crippen LogP contribution in [-0.4, -0.2) is 22.6 Å². The second-order valence-corrected chi connectivity index (χ2v) is 4.47. The highest BCUT2D eigenvalue weighted by Crippen LogP contribution is 2.15. The molecule has 0 bridgehead atoms. The zero-order valence-electron chi connectivity index (χ0n) is 11.8. The van der Waals surface area contributed by atoms with Gasteiger partial charge in [-0.05, 0) is 36.8 Å². The fraction of sp³-hybridized carbons (Fsp3) is 0.176. The summed E-state index contributed by atoms with van der Waals surface area (Å²) in [6.07, 6.45) is 2.01. The van der Waals surface area contributed by atoms with Crippen LogP contribution in [0.1, 0.15) is 28.0 Å². The van der Waals surface area contributed by atoms with Gasteiger partial charge in [-0.2, -0.15) is 0 Å². The Hall–Kier alpha value is -2.64. The van der Waals surface area contributed by atoms with Gasteiger partial charge in [0.2, 0.25) is 0 Å². The van der Waals surface area contributed by atoms with Crippen molar-refractivity contribution in [1.82, 2.24) is 4.98 Å². The van der Waals surface area contributed by atoms with Crippen LogP contribution in [0, 0.1) is 18.8 Å². The number of hydrogen-bond donors (Lipinski definition) is 2. The summed E-state index contributed by atoms with van der Waals surface area (Å²) < 4.78 is 0. The minimum Gasteiger partial charge on any atom is -0.395 e. The lowest BCUT2D eigenvalue weighted by Crippen LogP contribution is -2.13. The number of nitrogens with zero attached hydrogens (tertiary/aromatic N) is 1. The van der Waals surface area contributed by atoms with E-state index in [1.54, 1.807) is 24.4 Å². The first-order valence-electron chi connectivity index (χ1n) is 6.63. The lowest BCUT2D eigenvalue weighted by Gasteiger charge is -2.06. The first kappa shape index (κ1) is 14.8. The molecule has 0 radical (unpaired) electrons. The van der Waals surface area contributed by atoms with Gasteiger partial charge in [0.1, 0.15) is 5.69 Å². The minimum atomic E-state index is -0.256. The second kappa shape index (κ2) is 7.22. The van der Waals surface area contributed by atoms with Crippen LogP contribution < -0.4 is 5.32 Å². The molecule has 0 unspecified atom stereocenters. The zero-order valence-corrected chi connectivity index (χ0v) is 11.8. The van der Waals surface area contributed by atoms with Gasteiger partial charge < -0.3 is 10.4 Å². The third-order valence-electron chi connectivity index (χ3n) is 2.85. The van der Waals surface area contributed by atoms with Gasteiger partial charge in [-0.15, -0.1) is 0 Å². The summed E-state index contributed by atoms with van der Waals surface area (Å²) in [6, 6.07) is 10.7. The number of hydrogen-bond acceptors (Lipinski definition) is 3. The minimum absolute atomic E-state index is 0.0438. The Balaban J connectivity index is 2.16. The number of pyridine rings is 1. The van der Waals surface area contributed by atoms with Crippen LogP contribution in [-0.2, 0) is 0 Å². The molecule has 0 saturated carbocycles.